The molecule has 0 aliphatic carbocycles. The van der Waals surface area contributed by atoms with Crippen LogP contribution in [0.1, 0.15) is 59.0 Å². The zero-order valence-electron chi connectivity index (χ0n) is 32.5. The van der Waals surface area contributed by atoms with E-state index in [0.29, 0.717) is 5.39 Å². The van der Waals surface area contributed by atoms with Gasteiger partial charge < -0.3 is 66.9 Å². The molecule has 3 heterocycles. The summed E-state index contributed by atoms with van der Waals surface area (Å²) in [5.41, 5.74) is 0.129. The van der Waals surface area contributed by atoms with Gasteiger partial charge in [-0.25, -0.2) is 9.59 Å². The Labute approximate surface area is 329 Å². The van der Waals surface area contributed by atoms with E-state index in [1.54, 1.807) is 6.92 Å². The Kier molecular flexibility index (Phi) is 15.0. The molecule has 0 radical (unpaired) electrons. The SMILES string of the molecule is CCOc1cc2cc(C(=O)O)[nH]c2cc1O[C@@H]1O[C@H](CO[C@@H]2OC(C(=O)OC)[C@@H](OC(C)=O)[C@H](OC(C)=O)[C@H]2OC(C)=O)[C@H](OC(C)=O)[C@H](OC(C)=O)[C@H]1OC(C)=O. The van der Waals surface area contributed by atoms with Crippen molar-refractivity contribution in [3.05, 3.63) is 23.9 Å². The first-order valence-electron chi connectivity index (χ1n) is 17.6. The third kappa shape index (κ3) is 11.1. The number of H-pyrrole nitrogens is 1. The summed E-state index contributed by atoms with van der Waals surface area (Å²) in [7, 11) is 0.995. The number of rotatable bonds is 15. The Morgan fingerprint density at radius 1 is 0.638 bits per heavy atom. The molecule has 0 spiro atoms. The highest BCUT2D eigenvalue weighted by Crippen LogP contribution is 2.38. The lowest BCUT2D eigenvalue weighted by molar-refractivity contribution is -0.323. The van der Waals surface area contributed by atoms with Gasteiger partial charge in [-0.2, -0.15) is 0 Å². The maximum Gasteiger partial charge on any atom is 0.352 e. The second-order valence-corrected chi connectivity index (χ2v) is 12.7. The van der Waals surface area contributed by atoms with Crippen molar-refractivity contribution in [3.8, 4) is 11.5 Å². The van der Waals surface area contributed by atoms with Crippen molar-refractivity contribution < 1.29 is 100 Å². The van der Waals surface area contributed by atoms with Crippen LogP contribution < -0.4 is 9.47 Å². The van der Waals surface area contributed by atoms with E-state index in [9.17, 15) is 43.5 Å². The van der Waals surface area contributed by atoms with E-state index in [-0.39, 0.29) is 29.3 Å². The zero-order valence-corrected chi connectivity index (χ0v) is 32.5. The molecule has 22 nitrogen and oxygen atoms in total. The molecule has 318 valence electrons. The number of hydrogen-bond donors (Lipinski definition) is 2. The van der Waals surface area contributed by atoms with E-state index in [1.165, 1.54) is 18.2 Å². The van der Waals surface area contributed by atoms with Gasteiger partial charge in [-0.1, -0.05) is 0 Å². The molecular weight excluding hydrogens is 782 g/mol. The first-order valence-corrected chi connectivity index (χ1v) is 17.6. The first kappa shape index (κ1) is 44.7. The van der Waals surface area contributed by atoms with Gasteiger partial charge in [0.1, 0.15) is 11.8 Å². The lowest BCUT2D eigenvalue weighted by atomic mass is 9.97. The van der Waals surface area contributed by atoms with Crippen molar-refractivity contribution in [1.29, 1.82) is 0 Å². The van der Waals surface area contributed by atoms with E-state index in [1.807, 2.05) is 0 Å². The number of methoxy groups -OCH3 is 1. The number of aromatic amines is 1. The summed E-state index contributed by atoms with van der Waals surface area (Å²) >= 11 is 0. The van der Waals surface area contributed by atoms with Crippen molar-refractivity contribution in [1.82, 2.24) is 4.98 Å². The van der Waals surface area contributed by atoms with Gasteiger partial charge in [0.2, 0.25) is 12.4 Å². The average molecular weight is 826 g/mol. The largest absolute Gasteiger partial charge is 0.490 e. The van der Waals surface area contributed by atoms with E-state index < -0.39 is 116 Å². The van der Waals surface area contributed by atoms with Crippen LogP contribution in [0.2, 0.25) is 0 Å². The highest BCUT2D eigenvalue weighted by molar-refractivity contribution is 5.95. The number of carboxylic acid groups (broad SMARTS) is 1. The minimum absolute atomic E-state index is 0.0744. The molecule has 2 saturated heterocycles. The molecule has 0 saturated carbocycles. The molecule has 2 N–H and O–H groups in total. The second kappa shape index (κ2) is 19.4. The van der Waals surface area contributed by atoms with Crippen molar-refractivity contribution >= 4 is 58.7 Å². The van der Waals surface area contributed by atoms with Crippen molar-refractivity contribution in [3.63, 3.8) is 0 Å². The molecule has 2 aliphatic heterocycles. The molecule has 4 rings (SSSR count). The molecule has 22 heteroatoms. The number of esters is 7. The number of carbonyl (C=O) groups excluding carboxylic acids is 7. The number of nitrogens with one attached hydrogen (secondary N) is 1. The lowest BCUT2D eigenvalue weighted by Gasteiger charge is -2.46. The summed E-state index contributed by atoms with van der Waals surface area (Å²) in [5, 5.41) is 9.96. The maximum atomic E-state index is 12.9. The summed E-state index contributed by atoms with van der Waals surface area (Å²) in [6.07, 6.45) is -17.1. The molecule has 1 aromatic carbocycles. The minimum Gasteiger partial charge on any atom is -0.490 e. The summed E-state index contributed by atoms with van der Waals surface area (Å²) in [6.45, 7) is 7.12. The van der Waals surface area contributed by atoms with Crippen LogP contribution in [0, 0.1) is 0 Å². The highest BCUT2D eigenvalue weighted by atomic mass is 16.8. The predicted octanol–water partition coefficient (Wildman–Crippen LogP) is 0.873. The van der Waals surface area contributed by atoms with E-state index >= 15 is 0 Å². The smallest absolute Gasteiger partial charge is 0.352 e. The van der Waals surface area contributed by atoms with Gasteiger partial charge >= 0.3 is 47.8 Å². The second-order valence-electron chi connectivity index (χ2n) is 12.7. The van der Waals surface area contributed by atoms with Gasteiger partial charge in [0.15, 0.2) is 54.4 Å². The van der Waals surface area contributed by atoms with Gasteiger partial charge in [-0.05, 0) is 19.1 Å². The van der Waals surface area contributed by atoms with Gasteiger partial charge in [0.25, 0.3) is 0 Å². The third-order valence-electron chi connectivity index (χ3n) is 8.22. The maximum absolute atomic E-state index is 12.9. The van der Waals surface area contributed by atoms with Crippen LogP contribution in [0.25, 0.3) is 10.9 Å². The monoisotopic (exact) mass is 825 g/mol. The quantitative estimate of drug-likeness (QED) is 0.186. The van der Waals surface area contributed by atoms with Crippen LogP contribution >= 0.6 is 0 Å². The molecule has 0 amide bonds. The van der Waals surface area contributed by atoms with Gasteiger partial charge in [0.05, 0.1) is 25.8 Å². The van der Waals surface area contributed by atoms with Crippen LogP contribution in [-0.2, 0) is 80.9 Å². The molecule has 0 bridgehead atoms. The molecule has 58 heavy (non-hydrogen) atoms. The highest BCUT2D eigenvalue weighted by Gasteiger charge is 2.57. The fraction of sp³-hybridized carbons (Fsp3) is 0.556. The van der Waals surface area contributed by atoms with Crippen LogP contribution in [-0.4, -0.2) is 140 Å². The van der Waals surface area contributed by atoms with Crippen molar-refractivity contribution in [2.75, 3.05) is 20.3 Å². The normalized spacial score (nSPS) is 26.6. The molecule has 2 aliphatic rings. The Morgan fingerprint density at radius 3 is 1.66 bits per heavy atom. The average Bonchev–Trinajstić information content (AvgIpc) is 3.54. The van der Waals surface area contributed by atoms with Crippen molar-refractivity contribution in [2.24, 2.45) is 0 Å². The number of ether oxygens (including phenoxy) is 12. The predicted molar refractivity (Wildman–Crippen MR) is 186 cm³/mol. The summed E-state index contributed by atoms with van der Waals surface area (Å²) < 4.78 is 67.5. The van der Waals surface area contributed by atoms with E-state index in [0.717, 1.165) is 48.7 Å². The Balaban J connectivity index is 1.81. The number of benzene rings is 1. The van der Waals surface area contributed by atoms with Gasteiger partial charge in [-0.3, -0.25) is 28.8 Å². The molecule has 1 aromatic heterocycles. The number of fused-ring (bicyclic) bond motifs is 1. The fourth-order valence-electron chi connectivity index (χ4n) is 6.23. The molecule has 10 atom stereocenters. The Bertz CT molecular complexity index is 1890. The molecule has 1 unspecified atom stereocenters. The van der Waals surface area contributed by atoms with Gasteiger partial charge in [-0.15, -0.1) is 0 Å². The van der Waals surface area contributed by atoms with Gasteiger partial charge in [0, 0.05) is 53.0 Å². The van der Waals surface area contributed by atoms with Crippen LogP contribution in [0.5, 0.6) is 11.5 Å². The topological polar surface area (TPSA) is 283 Å². The van der Waals surface area contributed by atoms with Crippen LogP contribution in [0.4, 0.5) is 0 Å². The summed E-state index contributed by atoms with van der Waals surface area (Å²) in [6, 6.07) is 4.22. The minimum atomic E-state index is -1.84. The number of aromatic nitrogens is 1. The fourth-order valence-corrected chi connectivity index (χ4v) is 6.23. The third-order valence-corrected chi connectivity index (χ3v) is 8.22. The van der Waals surface area contributed by atoms with E-state index in [4.69, 9.17) is 56.8 Å². The summed E-state index contributed by atoms with van der Waals surface area (Å²) in [4.78, 5) is 102. The standard InChI is InChI=1S/C36H43NO21/c1-9-48-23-11-20-10-22(33(44)45)37-21(20)12-24(23)56-36-32(55-19(7)43)27(51-15(3)39)26(50-14(2)38)25(57-36)13-49-35-31(54-18(6)42)29(53-17(5)41)28(52-16(4)40)30(58-35)34(46)47-8/h10-12,25-32,35-37H,9,13H2,1-8H3,(H,44,45)/t25-,26+,27+,28+,29+,30?,31-,32-,35-,36-/m1/s1. The number of carbonyl (C=O) groups is 8. The number of aromatic carboxylic acids is 1. The van der Waals surface area contributed by atoms with E-state index in [2.05, 4.69) is 4.98 Å². The summed E-state index contributed by atoms with van der Waals surface area (Å²) in [5.74, 6) is -7.92. The molecular formula is C36H43NO21. The Hall–Kier alpha value is -6.00. The molecule has 2 fully saturated rings. The first-order chi connectivity index (χ1) is 27.3. The van der Waals surface area contributed by atoms with Crippen LogP contribution in [0.3, 0.4) is 0 Å². The number of hydrogen-bond acceptors (Lipinski definition) is 20. The Morgan fingerprint density at radius 2 is 1.14 bits per heavy atom. The molecule has 2 aromatic rings. The van der Waals surface area contributed by atoms with Crippen molar-refractivity contribution in [2.45, 2.75) is 110 Å². The lowest BCUT2D eigenvalue weighted by Crippen LogP contribution is -2.65. The number of carboxylic acids is 1. The zero-order chi connectivity index (χ0) is 43.0. The van der Waals surface area contributed by atoms with Crippen LogP contribution in [0.15, 0.2) is 18.2 Å².